The molecule has 0 radical (unpaired) electrons. The fourth-order valence-electron chi connectivity index (χ4n) is 2.49. The summed E-state index contributed by atoms with van der Waals surface area (Å²) < 4.78 is 10.4. The highest BCUT2D eigenvalue weighted by molar-refractivity contribution is 5.93. The Morgan fingerprint density at radius 3 is 2.42 bits per heavy atom. The van der Waals surface area contributed by atoms with Gasteiger partial charge in [0, 0.05) is 5.56 Å². The van der Waals surface area contributed by atoms with Gasteiger partial charge in [-0.3, -0.25) is 4.79 Å². The zero-order valence-corrected chi connectivity index (χ0v) is 13.9. The van der Waals surface area contributed by atoms with Gasteiger partial charge in [-0.25, -0.2) is 4.79 Å². The average molecular weight is 331 g/mol. The van der Waals surface area contributed by atoms with Crippen LogP contribution in [0.3, 0.4) is 0 Å². The normalized spacial score (nSPS) is 12.0. The smallest absolute Gasteiger partial charge is 0.371 e. The second-order valence-corrected chi connectivity index (χ2v) is 5.87. The van der Waals surface area contributed by atoms with E-state index in [1.54, 1.807) is 7.11 Å². The van der Waals surface area contributed by atoms with Crippen molar-refractivity contribution in [2.24, 2.45) is 5.92 Å². The molecular weight excluding hydrogens is 310 g/mol. The number of para-hydroxylation sites is 1. The molecule has 0 saturated carbocycles. The average Bonchev–Trinajstić information content (AvgIpc) is 3.04. The Balaban J connectivity index is 2.24. The number of carbonyl (C=O) groups excluding carboxylic acids is 1. The lowest BCUT2D eigenvalue weighted by Gasteiger charge is -2.22. The summed E-state index contributed by atoms with van der Waals surface area (Å²) in [4.78, 5) is 23.3. The van der Waals surface area contributed by atoms with E-state index < -0.39 is 11.9 Å². The van der Waals surface area contributed by atoms with Crippen LogP contribution < -0.4 is 10.1 Å². The summed E-state index contributed by atoms with van der Waals surface area (Å²) in [5.74, 6) is -0.939. The monoisotopic (exact) mass is 331 g/mol. The van der Waals surface area contributed by atoms with Crippen LogP contribution in [0.1, 0.15) is 53.0 Å². The van der Waals surface area contributed by atoms with Gasteiger partial charge >= 0.3 is 5.97 Å². The minimum absolute atomic E-state index is 0.0314. The van der Waals surface area contributed by atoms with Crippen LogP contribution in [-0.2, 0) is 0 Å². The second kappa shape index (κ2) is 7.68. The molecule has 1 heterocycles. The van der Waals surface area contributed by atoms with Gasteiger partial charge in [-0.2, -0.15) is 0 Å². The molecule has 0 aliphatic rings. The molecule has 1 atom stereocenters. The first-order valence-corrected chi connectivity index (χ1v) is 7.69. The maximum Gasteiger partial charge on any atom is 0.371 e. The maximum absolute atomic E-state index is 12.4. The predicted molar refractivity (Wildman–Crippen MR) is 88.3 cm³/mol. The molecule has 0 fully saturated rings. The van der Waals surface area contributed by atoms with Gasteiger partial charge in [-0.15, -0.1) is 0 Å². The third-order valence-corrected chi connectivity index (χ3v) is 3.57. The van der Waals surface area contributed by atoms with Crippen LogP contribution in [0.2, 0.25) is 0 Å². The van der Waals surface area contributed by atoms with E-state index in [0.29, 0.717) is 18.1 Å². The zero-order valence-electron chi connectivity index (χ0n) is 13.9. The predicted octanol–water partition coefficient (Wildman–Crippen LogP) is 3.50. The Morgan fingerprint density at radius 2 is 1.83 bits per heavy atom. The molecule has 6 heteroatoms. The van der Waals surface area contributed by atoms with E-state index >= 15 is 0 Å². The molecule has 1 amide bonds. The lowest BCUT2D eigenvalue weighted by molar-refractivity contribution is 0.0659. The van der Waals surface area contributed by atoms with E-state index in [1.807, 2.05) is 24.3 Å². The fraction of sp³-hybridized carbons (Fsp3) is 0.333. The molecule has 2 aromatic rings. The van der Waals surface area contributed by atoms with Crippen molar-refractivity contribution < 1.29 is 23.8 Å². The molecule has 2 rings (SSSR count). The molecule has 1 aromatic heterocycles. The number of carbonyl (C=O) groups is 2. The molecule has 0 bridgehead atoms. The van der Waals surface area contributed by atoms with Crippen molar-refractivity contribution in [1.29, 1.82) is 0 Å². The van der Waals surface area contributed by atoms with E-state index in [2.05, 4.69) is 19.2 Å². The molecule has 1 unspecified atom stereocenters. The maximum atomic E-state index is 12.4. The van der Waals surface area contributed by atoms with Crippen LogP contribution in [0.5, 0.6) is 5.75 Å². The molecule has 128 valence electrons. The molecule has 0 saturated heterocycles. The first kappa shape index (κ1) is 17.6. The van der Waals surface area contributed by atoms with Crippen LogP contribution in [0.4, 0.5) is 0 Å². The molecule has 0 aliphatic carbocycles. The third kappa shape index (κ3) is 4.16. The number of nitrogens with one attached hydrogen (secondary N) is 1. The molecule has 6 nitrogen and oxygen atoms in total. The van der Waals surface area contributed by atoms with Gasteiger partial charge in [-0.1, -0.05) is 32.0 Å². The van der Waals surface area contributed by atoms with E-state index in [4.69, 9.17) is 14.3 Å². The van der Waals surface area contributed by atoms with Crippen molar-refractivity contribution in [3.05, 3.63) is 53.5 Å². The molecule has 2 N–H and O–H groups in total. The summed E-state index contributed by atoms with van der Waals surface area (Å²) in [7, 11) is 1.58. The number of carboxylic acid groups (broad SMARTS) is 1. The quantitative estimate of drug-likeness (QED) is 0.810. The first-order valence-electron chi connectivity index (χ1n) is 7.69. The lowest BCUT2D eigenvalue weighted by Crippen LogP contribution is -2.29. The Hall–Kier alpha value is -2.76. The van der Waals surface area contributed by atoms with Gasteiger partial charge in [-0.05, 0) is 30.5 Å². The van der Waals surface area contributed by atoms with Crippen molar-refractivity contribution in [3.63, 3.8) is 0 Å². The minimum atomic E-state index is -1.21. The van der Waals surface area contributed by atoms with Gasteiger partial charge < -0.3 is 19.6 Å². The van der Waals surface area contributed by atoms with Crippen molar-refractivity contribution in [1.82, 2.24) is 5.32 Å². The van der Waals surface area contributed by atoms with Crippen LogP contribution in [-0.4, -0.2) is 24.1 Å². The summed E-state index contributed by atoms with van der Waals surface area (Å²) in [6, 6.07) is 9.83. The lowest BCUT2D eigenvalue weighted by atomic mass is 9.96. The van der Waals surface area contributed by atoms with E-state index in [0.717, 1.165) is 5.56 Å². The number of furan rings is 1. The summed E-state index contributed by atoms with van der Waals surface area (Å²) >= 11 is 0. The van der Waals surface area contributed by atoms with Gasteiger partial charge in [0.2, 0.25) is 5.76 Å². The van der Waals surface area contributed by atoms with Gasteiger partial charge in [0.1, 0.15) is 5.75 Å². The summed E-state index contributed by atoms with van der Waals surface area (Å²) in [5.41, 5.74) is 0.868. The standard InChI is InChI=1S/C18H21NO5/c1-11(2)10-13(12-6-4-5-7-14(12)23-3)19-17(20)15-8-9-16(24-15)18(21)22/h4-9,11,13H,10H2,1-3H3,(H,19,20)(H,21,22). The van der Waals surface area contributed by atoms with Crippen molar-refractivity contribution in [2.75, 3.05) is 7.11 Å². The Morgan fingerprint density at radius 1 is 1.17 bits per heavy atom. The SMILES string of the molecule is COc1ccccc1C(CC(C)C)NC(=O)c1ccc(C(=O)O)o1. The van der Waals surface area contributed by atoms with Crippen LogP contribution in [0.25, 0.3) is 0 Å². The number of rotatable bonds is 7. The van der Waals surface area contributed by atoms with E-state index in [-0.39, 0.29) is 17.6 Å². The highest BCUT2D eigenvalue weighted by atomic mass is 16.5. The zero-order chi connectivity index (χ0) is 17.7. The number of hydrogen-bond donors (Lipinski definition) is 2. The number of hydrogen-bond acceptors (Lipinski definition) is 4. The number of methoxy groups -OCH3 is 1. The number of amides is 1. The van der Waals surface area contributed by atoms with Crippen LogP contribution >= 0.6 is 0 Å². The number of carboxylic acids is 1. The number of ether oxygens (including phenoxy) is 1. The van der Waals surface area contributed by atoms with Gasteiger partial charge in [0.05, 0.1) is 13.2 Å². The van der Waals surface area contributed by atoms with Crippen LogP contribution in [0.15, 0.2) is 40.8 Å². The largest absolute Gasteiger partial charge is 0.496 e. The summed E-state index contributed by atoms with van der Waals surface area (Å²) in [6.45, 7) is 4.12. The second-order valence-electron chi connectivity index (χ2n) is 5.87. The van der Waals surface area contributed by atoms with Gasteiger partial charge in [0.15, 0.2) is 5.76 Å². The third-order valence-electron chi connectivity index (χ3n) is 3.57. The van der Waals surface area contributed by atoms with Crippen molar-refractivity contribution in [3.8, 4) is 5.75 Å². The highest BCUT2D eigenvalue weighted by Crippen LogP contribution is 2.29. The number of benzene rings is 1. The first-order chi connectivity index (χ1) is 11.4. The molecule has 0 aliphatic heterocycles. The molecule has 0 spiro atoms. The fourth-order valence-corrected chi connectivity index (χ4v) is 2.49. The topological polar surface area (TPSA) is 88.8 Å². The Bertz CT molecular complexity index is 720. The van der Waals surface area contributed by atoms with E-state index in [1.165, 1.54) is 12.1 Å². The van der Waals surface area contributed by atoms with Gasteiger partial charge in [0.25, 0.3) is 5.91 Å². The van der Waals surface area contributed by atoms with Crippen LogP contribution in [0, 0.1) is 5.92 Å². The van der Waals surface area contributed by atoms with Crippen molar-refractivity contribution in [2.45, 2.75) is 26.3 Å². The Labute approximate surface area is 140 Å². The highest BCUT2D eigenvalue weighted by Gasteiger charge is 2.22. The summed E-state index contributed by atoms with van der Waals surface area (Å²) in [6.07, 6.45) is 0.707. The molecular formula is C18H21NO5. The molecule has 1 aromatic carbocycles. The molecule has 24 heavy (non-hydrogen) atoms. The Kier molecular flexibility index (Phi) is 5.63. The van der Waals surface area contributed by atoms with E-state index in [9.17, 15) is 9.59 Å². The van der Waals surface area contributed by atoms with Crippen molar-refractivity contribution >= 4 is 11.9 Å². The number of aromatic carboxylic acids is 1. The summed E-state index contributed by atoms with van der Waals surface area (Å²) in [5, 5.41) is 11.8. The minimum Gasteiger partial charge on any atom is -0.496 e.